The molecule has 1 amide bonds. The molecule has 1 aromatic heterocycles. The van der Waals surface area contributed by atoms with Crippen molar-refractivity contribution in [2.45, 2.75) is 10.9 Å². The summed E-state index contributed by atoms with van der Waals surface area (Å²) < 4.78 is 1.69. The van der Waals surface area contributed by atoms with Crippen molar-refractivity contribution in [2.75, 3.05) is 16.4 Å². The van der Waals surface area contributed by atoms with Crippen LogP contribution in [0.15, 0.2) is 63.4 Å². The lowest BCUT2D eigenvalue weighted by atomic mass is 10.2. The average Bonchev–Trinajstić information content (AvgIpc) is 3.07. The van der Waals surface area contributed by atoms with E-state index in [1.54, 1.807) is 0 Å². The molecule has 0 spiro atoms. The van der Waals surface area contributed by atoms with Gasteiger partial charge >= 0.3 is 0 Å². The number of halogens is 1. The minimum atomic E-state index is -0.0721. The maximum atomic E-state index is 12.0. The van der Waals surface area contributed by atoms with Gasteiger partial charge in [0.25, 0.3) is 0 Å². The molecule has 0 bridgehead atoms. The molecule has 128 valence electrons. The van der Waals surface area contributed by atoms with E-state index >= 15 is 0 Å². The van der Waals surface area contributed by atoms with Crippen LogP contribution >= 0.6 is 39.0 Å². The molecule has 0 fully saturated rings. The van der Waals surface area contributed by atoms with Crippen LogP contribution in [0.3, 0.4) is 0 Å². The van der Waals surface area contributed by atoms with E-state index in [0.717, 1.165) is 19.6 Å². The number of anilines is 2. The second kappa shape index (κ2) is 8.98. The molecule has 0 aliphatic rings. The summed E-state index contributed by atoms with van der Waals surface area (Å²) >= 11 is 6.20. The molecule has 0 unspecified atom stereocenters. The molecule has 1 heterocycles. The lowest BCUT2D eigenvalue weighted by Crippen LogP contribution is -2.13. The first-order valence-electron chi connectivity index (χ1n) is 7.48. The second-order valence-electron chi connectivity index (χ2n) is 5.06. The molecule has 0 saturated heterocycles. The summed E-state index contributed by atoms with van der Waals surface area (Å²) in [7, 11) is 0. The molecule has 0 aliphatic carbocycles. The summed E-state index contributed by atoms with van der Waals surface area (Å²) in [6, 6.07) is 17.6. The number of thioether (sulfide) groups is 1. The number of hydrogen-bond donors (Lipinski definition) is 2. The predicted octanol–water partition coefficient (Wildman–Crippen LogP) is 4.64. The van der Waals surface area contributed by atoms with Gasteiger partial charge in [-0.2, -0.15) is 0 Å². The molecule has 3 rings (SSSR count). The van der Waals surface area contributed by atoms with E-state index in [-0.39, 0.29) is 5.91 Å². The molecule has 8 heteroatoms. The van der Waals surface area contributed by atoms with Crippen LogP contribution in [0.5, 0.6) is 0 Å². The first kappa shape index (κ1) is 17.9. The third kappa shape index (κ3) is 5.84. The zero-order valence-corrected chi connectivity index (χ0v) is 16.3. The van der Waals surface area contributed by atoms with E-state index in [1.165, 1.54) is 28.7 Å². The highest BCUT2D eigenvalue weighted by Crippen LogP contribution is 2.26. The van der Waals surface area contributed by atoms with E-state index in [4.69, 9.17) is 0 Å². The molecule has 5 nitrogen and oxygen atoms in total. The second-order valence-corrected chi connectivity index (χ2v) is 8.18. The minimum Gasteiger partial charge on any atom is -0.356 e. The van der Waals surface area contributed by atoms with Gasteiger partial charge in [-0.1, -0.05) is 75.4 Å². The van der Waals surface area contributed by atoms with Crippen LogP contribution < -0.4 is 10.6 Å². The number of benzene rings is 2. The summed E-state index contributed by atoms with van der Waals surface area (Å²) in [6.45, 7) is 0.698. The van der Waals surface area contributed by atoms with Crippen molar-refractivity contribution >= 4 is 55.8 Å². The van der Waals surface area contributed by atoms with Crippen molar-refractivity contribution in [3.8, 4) is 0 Å². The van der Waals surface area contributed by atoms with Gasteiger partial charge in [0.05, 0.1) is 5.75 Å². The average molecular weight is 435 g/mol. The number of amides is 1. The SMILES string of the molecule is O=C(CSc1nnc(NCc2ccccc2)s1)Nc1cccc(Br)c1. The normalized spacial score (nSPS) is 10.4. The smallest absolute Gasteiger partial charge is 0.234 e. The molecule has 0 radical (unpaired) electrons. The van der Waals surface area contributed by atoms with Gasteiger partial charge in [-0.3, -0.25) is 4.79 Å². The zero-order valence-electron chi connectivity index (χ0n) is 13.1. The lowest BCUT2D eigenvalue weighted by Gasteiger charge is -2.04. The topological polar surface area (TPSA) is 66.9 Å². The molecule has 2 aromatic carbocycles. The van der Waals surface area contributed by atoms with Crippen LogP contribution in [0.1, 0.15) is 5.56 Å². The number of carbonyl (C=O) groups excluding carboxylic acids is 1. The quantitative estimate of drug-likeness (QED) is 0.529. The molecule has 3 aromatic rings. The van der Waals surface area contributed by atoms with Gasteiger partial charge in [-0.25, -0.2) is 0 Å². The number of aromatic nitrogens is 2. The van der Waals surface area contributed by atoms with Gasteiger partial charge in [0, 0.05) is 16.7 Å². The van der Waals surface area contributed by atoms with Crippen molar-refractivity contribution in [3.05, 3.63) is 64.6 Å². The zero-order chi connectivity index (χ0) is 17.5. The fourth-order valence-electron chi connectivity index (χ4n) is 2.00. The Labute approximate surface area is 162 Å². The third-order valence-corrected chi connectivity index (χ3v) is 5.64. The molecule has 25 heavy (non-hydrogen) atoms. The standard InChI is InChI=1S/C17H15BrN4OS2/c18-13-7-4-8-14(9-13)20-15(23)11-24-17-22-21-16(25-17)19-10-12-5-2-1-3-6-12/h1-9H,10-11H2,(H,19,21)(H,20,23). The van der Waals surface area contributed by atoms with Crippen LogP contribution in [-0.2, 0) is 11.3 Å². The summed E-state index contributed by atoms with van der Waals surface area (Å²) in [5.41, 5.74) is 1.95. The Balaban J connectivity index is 1.45. The Morgan fingerprint density at radius 1 is 1.12 bits per heavy atom. The highest BCUT2D eigenvalue weighted by molar-refractivity contribution is 9.10. The Morgan fingerprint density at radius 3 is 2.76 bits per heavy atom. The maximum Gasteiger partial charge on any atom is 0.234 e. The molecular formula is C17H15BrN4OS2. The van der Waals surface area contributed by atoms with E-state index in [1.807, 2.05) is 42.5 Å². The monoisotopic (exact) mass is 434 g/mol. The van der Waals surface area contributed by atoms with Gasteiger partial charge in [0.15, 0.2) is 4.34 Å². The van der Waals surface area contributed by atoms with Crippen LogP contribution in [0.4, 0.5) is 10.8 Å². The van der Waals surface area contributed by atoms with E-state index in [2.05, 4.69) is 48.9 Å². The largest absolute Gasteiger partial charge is 0.356 e. The maximum absolute atomic E-state index is 12.0. The number of carbonyl (C=O) groups is 1. The van der Waals surface area contributed by atoms with Crippen molar-refractivity contribution in [1.82, 2.24) is 10.2 Å². The Hall–Kier alpha value is -1.90. The predicted molar refractivity (Wildman–Crippen MR) is 107 cm³/mol. The van der Waals surface area contributed by atoms with Crippen molar-refractivity contribution in [3.63, 3.8) is 0 Å². The number of nitrogens with zero attached hydrogens (tertiary/aromatic N) is 2. The van der Waals surface area contributed by atoms with Crippen molar-refractivity contribution < 1.29 is 4.79 Å². The highest BCUT2D eigenvalue weighted by atomic mass is 79.9. The Kier molecular flexibility index (Phi) is 6.43. The lowest BCUT2D eigenvalue weighted by molar-refractivity contribution is -0.113. The highest BCUT2D eigenvalue weighted by Gasteiger charge is 2.08. The summed E-state index contributed by atoms with van der Waals surface area (Å²) in [5.74, 6) is 0.219. The summed E-state index contributed by atoms with van der Waals surface area (Å²) in [5, 5.41) is 15.1. The van der Waals surface area contributed by atoms with Crippen LogP contribution in [0.25, 0.3) is 0 Å². The van der Waals surface area contributed by atoms with Gasteiger partial charge in [-0.15, -0.1) is 10.2 Å². The van der Waals surface area contributed by atoms with E-state index in [9.17, 15) is 4.79 Å². The first-order valence-corrected chi connectivity index (χ1v) is 10.1. The van der Waals surface area contributed by atoms with Gasteiger partial charge in [0.1, 0.15) is 0 Å². The van der Waals surface area contributed by atoms with Gasteiger partial charge in [0.2, 0.25) is 11.0 Å². The van der Waals surface area contributed by atoms with Crippen molar-refractivity contribution in [2.24, 2.45) is 0 Å². The third-order valence-electron chi connectivity index (χ3n) is 3.13. The van der Waals surface area contributed by atoms with Crippen LogP contribution in [0, 0.1) is 0 Å². The molecule has 0 atom stereocenters. The molecule has 0 saturated carbocycles. The van der Waals surface area contributed by atoms with Crippen LogP contribution in [-0.4, -0.2) is 21.9 Å². The summed E-state index contributed by atoms with van der Waals surface area (Å²) in [4.78, 5) is 12.0. The number of nitrogens with one attached hydrogen (secondary N) is 2. The summed E-state index contributed by atoms with van der Waals surface area (Å²) in [6.07, 6.45) is 0. The van der Waals surface area contributed by atoms with E-state index in [0.29, 0.717) is 12.3 Å². The molecular weight excluding hydrogens is 420 g/mol. The fraction of sp³-hybridized carbons (Fsp3) is 0.118. The molecule has 0 aliphatic heterocycles. The first-order chi connectivity index (χ1) is 12.2. The molecule has 2 N–H and O–H groups in total. The number of hydrogen-bond acceptors (Lipinski definition) is 6. The Bertz CT molecular complexity index is 841. The van der Waals surface area contributed by atoms with Crippen molar-refractivity contribution in [1.29, 1.82) is 0 Å². The fourth-order valence-corrected chi connectivity index (χ4v) is 3.95. The van der Waals surface area contributed by atoms with Gasteiger partial charge < -0.3 is 10.6 Å². The Morgan fingerprint density at radius 2 is 1.96 bits per heavy atom. The van der Waals surface area contributed by atoms with Gasteiger partial charge in [-0.05, 0) is 23.8 Å². The van der Waals surface area contributed by atoms with Crippen LogP contribution in [0.2, 0.25) is 0 Å². The van der Waals surface area contributed by atoms with E-state index < -0.39 is 0 Å². The minimum absolute atomic E-state index is 0.0721. The number of rotatable bonds is 7.